The highest BCUT2D eigenvalue weighted by Crippen LogP contribution is 2.20. The van der Waals surface area contributed by atoms with E-state index in [4.69, 9.17) is 5.73 Å². The number of aromatic nitrogens is 1. The van der Waals surface area contributed by atoms with Crippen LogP contribution in [0, 0.1) is 5.92 Å². The Hall–Kier alpha value is -1.62. The largest absolute Gasteiger partial charge is 0.366 e. The molecule has 1 fully saturated rings. The van der Waals surface area contributed by atoms with Gasteiger partial charge in [0.1, 0.15) is 5.82 Å². The van der Waals surface area contributed by atoms with Gasteiger partial charge in [-0.05, 0) is 57.8 Å². The number of piperidine rings is 1. The van der Waals surface area contributed by atoms with E-state index in [0.717, 1.165) is 25.5 Å². The Balaban J connectivity index is 2.15. The number of primary amides is 1. The topological polar surface area (TPSA) is 71.2 Å². The van der Waals surface area contributed by atoms with Crippen LogP contribution in [0.15, 0.2) is 18.3 Å². The van der Waals surface area contributed by atoms with Crippen LogP contribution in [0.25, 0.3) is 0 Å². The maximum Gasteiger partial charge on any atom is 0.248 e. The molecule has 20 heavy (non-hydrogen) atoms. The fourth-order valence-corrected chi connectivity index (χ4v) is 2.66. The van der Waals surface area contributed by atoms with Crippen molar-refractivity contribution in [1.29, 1.82) is 0 Å². The van der Waals surface area contributed by atoms with Crippen molar-refractivity contribution in [2.24, 2.45) is 11.7 Å². The van der Waals surface area contributed by atoms with Crippen LogP contribution < -0.4 is 16.0 Å². The van der Waals surface area contributed by atoms with E-state index in [-0.39, 0.29) is 0 Å². The van der Waals surface area contributed by atoms with Crippen molar-refractivity contribution in [3.63, 3.8) is 0 Å². The first-order valence-electron chi connectivity index (χ1n) is 7.31. The fraction of sp³-hybridized carbons (Fsp3) is 0.600. The molecular formula is C15H24N4O. The van der Waals surface area contributed by atoms with Crippen molar-refractivity contribution < 1.29 is 4.79 Å². The standard InChI is InChI=1S/C15H24N4O/c1-11(2)19(10-12-4-3-6-17-9-12)14-8-13(15(16)20)5-7-18-14/h5,7-8,11-12,17H,3-4,6,9-10H2,1-2H3,(H2,16,20). The van der Waals surface area contributed by atoms with E-state index in [1.165, 1.54) is 12.8 Å². The molecule has 5 heteroatoms. The Kier molecular flexibility index (Phi) is 4.95. The van der Waals surface area contributed by atoms with Crippen LogP contribution >= 0.6 is 0 Å². The average Bonchev–Trinajstić information content (AvgIpc) is 2.45. The van der Waals surface area contributed by atoms with Crippen molar-refractivity contribution in [1.82, 2.24) is 10.3 Å². The second kappa shape index (κ2) is 6.70. The number of carbonyl (C=O) groups excluding carboxylic acids is 1. The van der Waals surface area contributed by atoms with E-state index in [2.05, 4.69) is 29.0 Å². The third kappa shape index (κ3) is 3.70. The van der Waals surface area contributed by atoms with Crippen molar-refractivity contribution >= 4 is 11.7 Å². The average molecular weight is 276 g/mol. The van der Waals surface area contributed by atoms with Gasteiger partial charge in [0.2, 0.25) is 5.91 Å². The summed E-state index contributed by atoms with van der Waals surface area (Å²) in [4.78, 5) is 18.0. The second-order valence-electron chi connectivity index (χ2n) is 5.73. The van der Waals surface area contributed by atoms with Crippen LogP contribution in [-0.4, -0.2) is 36.6 Å². The summed E-state index contributed by atoms with van der Waals surface area (Å²) in [6.07, 6.45) is 4.13. The monoisotopic (exact) mass is 276 g/mol. The summed E-state index contributed by atoms with van der Waals surface area (Å²) in [5.41, 5.74) is 5.86. The van der Waals surface area contributed by atoms with E-state index >= 15 is 0 Å². The molecule has 0 bridgehead atoms. The van der Waals surface area contributed by atoms with Gasteiger partial charge < -0.3 is 16.0 Å². The molecule has 1 aliphatic heterocycles. The summed E-state index contributed by atoms with van der Waals surface area (Å²) >= 11 is 0. The molecule has 1 amide bonds. The number of nitrogens with zero attached hydrogens (tertiary/aromatic N) is 2. The Bertz CT molecular complexity index is 455. The Morgan fingerprint density at radius 1 is 1.60 bits per heavy atom. The highest BCUT2D eigenvalue weighted by atomic mass is 16.1. The van der Waals surface area contributed by atoms with E-state index in [9.17, 15) is 4.79 Å². The predicted octanol–water partition coefficient (Wildman–Crippen LogP) is 1.39. The Morgan fingerprint density at radius 3 is 3.00 bits per heavy atom. The first-order chi connectivity index (χ1) is 9.58. The summed E-state index contributed by atoms with van der Waals surface area (Å²) < 4.78 is 0. The van der Waals surface area contributed by atoms with Crippen molar-refractivity contribution in [3.8, 4) is 0 Å². The highest BCUT2D eigenvalue weighted by molar-refractivity contribution is 5.93. The zero-order valence-electron chi connectivity index (χ0n) is 12.3. The summed E-state index contributed by atoms with van der Waals surface area (Å²) in [6.45, 7) is 7.43. The smallest absolute Gasteiger partial charge is 0.248 e. The van der Waals surface area contributed by atoms with Gasteiger partial charge in [-0.3, -0.25) is 4.79 Å². The van der Waals surface area contributed by atoms with Gasteiger partial charge in [0, 0.05) is 24.3 Å². The Morgan fingerprint density at radius 2 is 2.40 bits per heavy atom. The maximum absolute atomic E-state index is 11.3. The molecule has 1 aliphatic rings. The second-order valence-corrected chi connectivity index (χ2v) is 5.73. The molecule has 1 saturated heterocycles. The van der Waals surface area contributed by atoms with Crippen molar-refractivity contribution in [2.45, 2.75) is 32.7 Å². The van der Waals surface area contributed by atoms with E-state index in [1.54, 1.807) is 18.3 Å². The van der Waals surface area contributed by atoms with Crippen LogP contribution in [0.5, 0.6) is 0 Å². The molecular weight excluding hydrogens is 252 g/mol. The number of hydrogen-bond donors (Lipinski definition) is 2. The highest BCUT2D eigenvalue weighted by Gasteiger charge is 2.20. The van der Waals surface area contributed by atoms with E-state index in [0.29, 0.717) is 17.5 Å². The first kappa shape index (κ1) is 14.8. The van der Waals surface area contributed by atoms with Crippen LogP contribution in [0.3, 0.4) is 0 Å². The Labute approximate surface area is 120 Å². The number of carbonyl (C=O) groups is 1. The number of nitrogens with two attached hydrogens (primary N) is 1. The molecule has 2 heterocycles. The molecule has 0 aromatic carbocycles. The molecule has 0 aliphatic carbocycles. The lowest BCUT2D eigenvalue weighted by atomic mass is 9.98. The molecule has 0 radical (unpaired) electrons. The summed E-state index contributed by atoms with van der Waals surface area (Å²) in [5, 5.41) is 3.44. The lowest BCUT2D eigenvalue weighted by Gasteiger charge is -2.33. The van der Waals surface area contributed by atoms with Crippen LogP contribution in [0.2, 0.25) is 0 Å². The summed E-state index contributed by atoms with van der Waals surface area (Å²) in [6, 6.07) is 3.79. The molecule has 2 rings (SSSR count). The molecule has 5 nitrogen and oxygen atoms in total. The van der Waals surface area contributed by atoms with Gasteiger partial charge in [0.05, 0.1) is 0 Å². The number of anilines is 1. The number of nitrogens with one attached hydrogen (secondary N) is 1. The lowest BCUT2D eigenvalue weighted by molar-refractivity contribution is 0.1000. The molecule has 1 aromatic heterocycles. The summed E-state index contributed by atoms with van der Waals surface area (Å²) in [5.74, 6) is 1.06. The SMILES string of the molecule is CC(C)N(CC1CCCNC1)c1cc(C(N)=O)ccn1. The van der Waals surface area contributed by atoms with Gasteiger partial charge in [-0.25, -0.2) is 4.98 Å². The minimum absolute atomic E-state index is 0.340. The molecule has 110 valence electrons. The minimum Gasteiger partial charge on any atom is -0.366 e. The zero-order valence-corrected chi connectivity index (χ0v) is 12.3. The van der Waals surface area contributed by atoms with Gasteiger partial charge in [-0.2, -0.15) is 0 Å². The number of hydrogen-bond acceptors (Lipinski definition) is 4. The first-order valence-corrected chi connectivity index (χ1v) is 7.31. The van der Waals surface area contributed by atoms with Crippen molar-refractivity contribution in [3.05, 3.63) is 23.9 Å². The van der Waals surface area contributed by atoms with E-state index < -0.39 is 5.91 Å². The quantitative estimate of drug-likeness (QED) is 0.852. The normalized spacial score (nSPS) is 19.1. The number of amides is 1. The van der Waals surface area contributed by atoms with Crippen molar-refractivity contribution in [2.75, 3.05) is 24.5 Å². The number of pyridine rings is 1. The van der Waals surface area contributed by atoms with Gasteiger partial charge in [-0.1, -0.05) is 0 Å². The van der Waals surface area contributed by atoms with Gasteiger partial charge >= 0.3 is 0 Å². The molecule has 1 unspecified atom stereocenters. The molecule has 3 N–H and O–H groups in total. The zero-order chi connectivity index (χ0) is 14.5. The minimum atomic E-state index is -0.406. The van der Waals surface area contributed by atoms with Gasteiger partial charge in [0.15, 0.2) is 0 Å². The van der Waals surface area contributed by atoms with Gasteiger partial charge in [0.25, 0.3) is 0 Å². The third-order valence-corrected chi connectivity index (χ3v) is 3.80. The number of rotatable bonds is 5. The van der Waals surface area contributed by atoms with Crippen LogP contribution in [-0.2, 0) is 0 Å². The fourth-order valence-electron chi connectivity index (χ4n) is 2.66. The molecule has 0 spiro atoms. The van der Waals surface area contributed by atoms with Gasteiger partial charge in [-0.15, -0.1) is 0 Å². The molecule has 1 atom stereocenters. The lowest BCUT2D eigenvalue weighted by Crippen LogP contribution is -2.41. The molecule has 0 saturated carbocycles. The molecule has 1 aromatic rings. The van der Waals surface area contributed by atoms with Crippen LogP contribution in [0.4, 0.5) is 5.82 Å². The predicted molar refractivity (Wildman–Crippen MR) is 80.8 cm³/mol. The third-order valence-electron chi connectivity index (χ3n) is 3.80. The van der Waals surface area contributed by atoms with E-state index in [1.807, 2.05) is 0 Å². The maximum atomic E-state index is 11.3. The summed E-state index contributed by atoms with van der Waals surface area (Å²) in [7, 11) is 0. The van der Waals surface area contributed by atoms with Crippen LogP contribution in [0.1, 0.15) is 37.0 Å².